The van der Waals surface area contributed by atoms with E-state index in [2.05, 4.69) is 20.7 Å². The van der Waals surface area contributed by atoms with E-state index in [1.165, 1.54) is 24.3 Å². The minimum absolute atomic E-state index is 0.0420. The molecule has 0 unspecified atom stereocenters. The molecule has 0 saturated heterocycles. The molecule has 0 spiro atoms. The maximum atomic E-state index is 13.2. The number of nitrogens with one attached hydrogen (secondary N) is 1. The lowest BCUT2D eigenvalue weighted by atomic mass is 10.1. The topological polar surface area (TPSA) is 125 Å². The monoisotopic (exact) mass is 488 g/mol. The molecule has 11 heteroatoms. The number of carbonyl (C=O) groups is 1. The van der Waals surface area contributed by atoms with Gasteiger partial charge in [-0.3, -0.25) is 20.3 Å². The number of aromatic nitrogens is 3. The van der Waals surface area contributed by atoms with Crippen LogP contribution in [0.2, 0.25) is 0 Å². The molecule has 1 aromatic heterocycles. The van der Waals surface area contributed by atoms with Crippen molar-refractivity contribution in [3.8, 4) is 17.1 Å². The number of thioether (sulfide) groups is 1. The summed E-state index contributed by atoms with van der Waals surface area (Å²) >= 11 is 1.06. The Kier molecular flexibility index (Phi) is 7.17. The minimum Gasteiger partial charge on any atom is -0.497 e. The van der Waals surface area contributed by atoms with Crippen molar-refractivity contribution in [1.29, 1.82) is 0 Å². The van der Waals surface area contributed by atoms with Crippen LogP contribution < -0.4 is 10.2 Å². The number of nitro benzene ring substituents is 1. The maximum Gasteiger partial charge on any atom is 0.269 e. The number of hydrazone groups is 1. The summed E-state index contributed by atoms with van der Waals surface area (Å²) in [4.78, 5) is 23.6. The zero-order valence-electron chi connectivity index (χ0n) is 18.8. The molecule has 0 bridgehead atoms. The van der Waals surface area contributed by atoms with Crippen molar-refractivity contribution < 1.29 is 14.5 Å². The zero-order valence-corrected chi connectivity index (χ0v) is 19.6. The van der Waals surface area contributed by atoms with Crippen molar-refractivity contribution in [1.82, 2.24) is 14.8 Å². The third-order valence-electron chi connectivity index (χ3n) is 4.97. The number of hydrogen-bond acceptors (Lipinski definition) is 9. The van der Waals surface area contributed by atoms with Crippen LogP contribution in [-0.4, -0.2) is 37.6 Å². The number of Topliss-reactive ketones (excluding diaryl/α,β-unsaturated/α-hetero) is 1. The van der Waals surface area contributed by atoms with Gasteiger partial charge in [-0.15, -0.1) is 10.2 Å². The number of hydrogen-bond donors (Lipinski definition) is 1. The molecule has 1 N–H and O–H groups in total. The second-order valence-corrected chi connectivity index (χ2v) is 8.18. The first-order valence-corrected chi connectivity index (χ1v) is 11.2. The van der Waals surface area contributed by atoms with Gasteiger partial charge in [-0.2, -0.15) is 5.10 Å². The van der Waals surface area contributed by atoms with E-state index in [4.69, 9.17) is 4.74 Å². The van der Waals surface area contributed by atoms with E-state index in [9.17, 15) is 14.9 Å². The highest BCUT2D eigenvalue weighted by atomic mass is 32.2. The number of anilines is 1. The lowest BCUT2D eigenvalue weighted by Gasteiger charge is -2.08. The van der Waals surface area contributed by atoms with E-state index >= 15 is 0 Å². The van der Waals surface area contributed by atoms with Gasteiger partial charge < -0.3 is 9.30 Å². The number of benzene rings is 3. The Labute approximate surface area is 204 Å². The van der Waals surface area contributed by atoms with Crippen LogP contribution in [0.3, 0.4) is 0 Å². The quantitative estimate of drug-likeness (QED) is 0.0936. The number of nitro groups is 1. The van der Waals surface area contributed by atoms with E-state index in [0.29, 0.717) is 22.2 Å². The fraction of sp³-hybridized carbons (Fsp3) is 0.0833. The summed E-state index contributed by atoms with van der Waals surface area (Å²) in [6.45, 7) is 0. The lowest BCUT2D eigenvalue weighted by Crippen LogP contribution is -2.14. The smallest absolute Gasteiger partial charge is 0.269 e. The highest BCUT2D eigenvalue weighted by Gasteiger charge is 2.21. The van der Waals surface area contributed by atoms with Gasteiger partial charge >= 0.3 is 0 Å². The number of rotatable bonds is 8. The van der Waals surface area contributed by atoms with Crippen molar-refractivity contribution in [2.24, 2.45) is 12.1 Å². The molecular weight excluding hydrogens is 468 g/mol. The van der Waals surface area contributed by atoms with Crippen LogP contribution in [0.15, 0.2) is 89.1 Å². The molecule has 0 amide bonds. The molecule has 35 heavy (non-hydrogen) atoms. The molecule has 0 saturated carbocycles. The van der Waals surface area contributed by atoms with E-state index in [1.54, 1.807) is 43.0 Å². The molecule has 10 nitrogen and oxygen atoms in total. The van der Waals surface area contributed by atoms with Gasteiger partial charge in [0.15, 0.2) is 16.0 Å². The van der Waals surface area contributed by atoms with Crippen LogP contribution in [-0.2, 0) is 7.05 Å². The van der Waals surface area contributed by atoms with E-state index in [-0.39, 0.29) is 16.5 Å². The summed E-state index contributed by atoms with van der Waals surface area (Å²) in [5.74, 6) is 1.04. The molecule has 0 aliphatic rings. The van der Waals surface area contributed by atoms with Crippen LogP contribution in [0.1, 0.15) is 10.4 Å². The molecule has 0 aliphatic carbocycles. The third-order valence-corrected chi connectivity index (χ3v) is 5.97. The molecule has 3 aromatic carbocycles. The van der Waals surface area contributed by atoms with Crippen LogP contribution in [0.25, 0.3) is 11.4 Å². The standard InChI is InChI=1S/C24H20N6O4S/c1-29-22(17-8-14-20(34-2)15-9-17)26-28-24(29)35-23(21(31)16-6-4-3-5-7-16)27-25-18-10-12-19(13-11-18)30(32)33/h3-15,25H,1-2H3. The normalized spacial score (nSPS) is 11.2. The summed E-state index contributed by atoms with van der Waals surface area (Å²) in [5.41, 5.74) is 4.55. The first kappa shape index (κ1) is 23.6. The van der Waals surface area contributed by atoms with Gasteiger partial charge in [-0.25, -0.2) is 0 Å². The van der Waals surface area contributed by atoms with E-state index in [0.717, 1.165) is 23.1 Å². The molecule has 1 heterocycles. The number of ketones is 1. The number of non-ortho nitro benzene ring substituents is 1. The molecule has 0 radical (unpaired) electrons. The van der Waals surface area contributed by atoms with Crippen LogP contribution >= 0.6 is 11.8 Å². The molecule has 0 fully saturated rings. The van der Waals surface area contributed by atoms with Gasteiger partial charge in [0.05, 0.1) is 17.7 Å². The van der Waals surface area contributed by atoms with Crippen LogP contribution in [0, 0.1) is 10.1 Å². The summed E-state index contributed by atoms with van der Waals surface area (Å²) in [5, 5.41) is 24.3. The summed E-state index contributed by atoms with van der Waals surface area (Å²) in [6.07, 6.45) is 0. The molecule has 176 valence electrons. The summed E-state index contributed by atoms with van der Waals surface area (Å²) in [6, 6.07) is 21.9. The zero-order chi connectivity index (χ0) is 24.8. The second kappa shape index (κ2) is 10.6. The molecule has 0 aliphatic heterocycles. The fourth-order valence-corrected chi connectivity index (χ4v) is 3.87. The van der Waals surface area contributed by atoms with E-state index < -0.39 is 4.92 Å². The highest BCUT2D eigenvalue weighted by molar-refractivity contribution is 8.15. The Balaban J connectivity index is 1.62. The third kappa shape index (κ3) is 5.53. The second-order valence-electron chi connectivity index (χ2n) is 7.22. The molecule has 4 aromatic rings. The van der Waals surface area contributed by atoms with Gasteiger partial charge in [-0.05, 0) is 48.2 Å². The Hall–Kier alpha value is -4.51. The average molecular weight is 489 g/mol. The van der Waals surface area contributed by atoms with Gasteiger partial charge in [0, 0.05) is 30.3 Å². The molecule has 4 rings (SSSR count). The Morgan fingerprint density at radius 1 is 1.03 bits per heavy atom. The SMILES string of the molecule is COc1ccc(-c2nnc(SC(=NNc3ccc([N+](=O)[O-])cc3)C(=O)c3ccccc3)n2C)cc1. The summed E-state index contributed by atoms with van der Waals surface area (Å²) < 4.78 is 6.97. The molecule has 0 atom stereocenters. The van der Waals surface area contributed by atoms with Crippen molar-refractivity contribution >= 4 is 34.0 Å². The van der Waals surface area contributed by atoms with Gasteiger partial charge in [0.2, 0.25) is 5.78 Å². The average Bonchev–Trinajstić information content (AvgIpc) is 3.26. The van der Waals surface area contributed by atoms with Gasteiger partial charge in [0.1, 0.15) is 5.75 Å². The predicted octanol–water partition coefficient (Wildman–Crippen LogP) is 4.80. The van der Waals surface area contributed by atoms with Crippen molar-refractivity contribution in [3.05, 3.63) is 94.5 Å². The Morgan fingerprint density at radius 2 is 1.71 bits per heavy atom. The fourth-order valence-electron chi connectivity index (χ4n) is 3.09. The number of methoxy groups -OCH3 is 1. The molecular formula is C24H20N6O4S. The van der Waals surface area contributed by atoms with Crippen LogP contribution in [0.4, 0.5) is 11.4 Å². The van der Waals surface area contributed by atoms with Gasteiger partial charge in [-0.1, -0.05) is 30.3 Å². The van der Waals surface area contributed by atoms with Crippen molar-refractivity contribution in [2.45, 2.75) is 5.16 Å². The minimum atomic E-state index is -0.484. The van der Waals surface area contributed by atoms with Crippen molar-refractivity contribution in [3.63, 3.8) is 0 Å². The van der Waals surface area contributed by atoms with Crippen LogP contribution in [0.5, 0.6) is 5.75 Å². The first-order valence-electron chi connectivity index (χ1n) is 10.4. The largest absolute Gasteiger partial charge is 0.497 e. The maximum absolute atomic E-state index is 13.2. The predicted molar refractivity (Wildman–Crippen MR) is 134 cm³/mol. The van der Waals surface area contributed by atoms with Crippen molar-refractivity contribution in [2.75, 3.05) is 12.5 Å². The number of carbonyl (C=O) groups excluding carboxylic acids is 1. The lowest BCUT2D eigenvalue weighted by molar-refractivity contribution is -0.384. The Morgan fingerprint density at radius 3 is 2.34 bits per heavy atom. The highest BCUT2D eigenvalue weighted by Crippen LogP contribution is 2.26. The number of nitrogens with zero attached hydrogens (tertiary/aromatic N) is 5. The van der Waals surface area contributed by atoms with Gasteiger partial charge in [0.25, 0.3) is 5.69 Å². The summed E-state index contributed by atoms with van der Waals surface area (Å²) in [7, 11) is 3.40. The van der Waals surface area contributed by atoms with E-state index in [1.807, 2.05) is 30.3 Å². The first-order chi connectivity index (χ1) is 17.0. The Bertz CT molecular complexity index is 1370. The number of ether oxygens (including phenoxy) is 1.